The van der Waals surface area contributed by atoms with Crippen molar-refractivity contribution in [1.29, 1.82) is 0 Å². The number of ether oxygens (including phenoxy) is 1. The first-order valence-electron chi connectivity index (χ1n) is 8.88. The molecule has 27 heavy (non-hydrogen) atoms. The standard InChI is InChI=1S/C18H30N4O3S2/c1-18(2,3)25-17(24)14-11-13(12-22-16(14)20-4)5-6-15(23)21-8-10-27-26-9-7-19/h11-12H,5-10,19H2,1-4H3,(H,20,22)(H,21,23). The Morgan fingerprint density at radius 3 is 2.59 bits per heavy atom. The summed E-state index contributed by atoms with van der Waals surface area (Å²) in [7, 11) is 5.11. The van der Waals surface area contributed by atoms with Gasteiger partial charge in [-0.2, -0.15) is 0 Å². The Kier molecular flexibility index (Phi) is 10.6. The van der Waals surface area contributed by atoms with Crippen molar-refractivity contribution in [2.24, 2.45) is 5.73 Å². The van der Waals surface area contributed by atoms with E-state index in [-0.39, 0.29) is 5.91 Å². The van der Waals surface area contributed by atoms with Crippen LogP contribution in [0.25, 0.3) is 0 Å². The van der Waals surface area contributed by atoms with E-state index in [0.717, 1.165) is 17.1 Å². The quantitative estimate of drug-likeness (QED) is 0.288. The molecule has 7 nitrogen and oxygen atoms in total. The average molecular weight is 415 g/mol. The van der Waals surface area contributed by atoms with E-state index in [1.807, 2.05) is 20.8 Å². The zero-order chi connectivity index (χ0) is 20.3. The van der Waals surface area contributed by atoms with E-state index in [0.29, 0.717) is 37.3 Å². The summed E-state index contributed by atoms with van der Waals surface area (Å²) >= 11 is 0. The molecule has 4 N–H and O–H groups in total. The minimum Gasteiger partial charge on any atom is -0.456 e. The highest BCUT2D eigenvalue weighted by Gasteiger charge is 2.21. The fourth-order valence-corrected chi connectivity index (χ4v) is 3.84. The molecule has 0 bridgehead atoms. The number of carbonyl (C=O) groups excluding carboxylic acids is 2. The summed E-state index contributed by atoms with van der Waals surface area (Å²) in [6.07, 6.45) is 2.52. The van der Waals surface area contributed by atoms with Gasteiger partial charge in [-0.1, -0.05) is 21.6 Å². The van der Waals surface area contributed by atoms with Crippen molar-refractivity contribution < 1.29 is 14.3 Å². The number of nitrogens with zero attached hydrogens (tertiary/aromatic N) is 1. The average Bonchev–Trinajstić information content (AvgIpc) is 2.61. The van der Waals surface area contributed by atoms with Gasteiger partial charge in [-0.3, -0.25) is 4.79 Å². The van der Waals surface area contributed by atoms with Crippen LogP contribution < -0.4 is 16.4 Å². The van der Waals surface area contributed by atoms with Gasteiger partial charge in [0.1, 0.15) is 17.0 Å². The molecule has 0 aromatic carbocycles. The van der Waals surface area contributed by atoms with Gasteiger partial charge in [0.05, 0.1) is 0 Å². The predicted octanol–water partition coefficient (Wildman–Crippen LogP) is 2.47. The number of nitrogens with one attached hydrogen (secondary N) is 2. The normalized spacial score (nSPS) is 11.1. The topological polar surface area (TPSA) is 106 Å². The molecular weight excluding hydrogens is 384 g/mol. The van der Waals surface area contributed by atoms with Crippen LogP contribution in [0.15, 0.2) is 12.3 Å². The molecule has 1 aromatic heterocycles. The van der Waals surface area contributed by atoms with Crippen molar-refractivity contribution in [3.8, 4) is 0 Å². The lowest BCUT2D eigenvalue weighted by atomic mass is 10.1. The molecule has 0 atom stereocenters. The zero-order valence-electron chi connectivity index (χ0n) is 16.5. The smallest absolute Gasteiger partial charge is 0.342 e. The van der Waals surface area contributed by atoms with E-state index in [1.165, 1.54) is 0 Å². The number of carbonyl (C=O) groups is 2. The molecule has 152 valence electrons. The summed E-state index contributed by atoms with van der Waals surface area (Å²) in [6.45, 7) is 6.74. The van der Waals surface area contributed by atoms with Crippen LogP contribution in [-0.2, 0) is 16.0 Å². The third kappa shape index (κ3) is 9.88. The monoisotopic (exact) mass is 414 g/mol. The van der Waals surface area contributed by atoms with Crippen LogP contribution in [0.4, 0.5) is 5.82 Å². The van der Waals surface area contributed by atoms with Crippen LogP contribution in [0.5, 0.6) is 0 Å². The Hall–Kier alpha value is -1.45. The molecule has 0 saturated heterocycles. The van der Waals surface area contributed by atoms with Crippen LogP contribution in [0.3, 0.4) is 0 Å². The van der Waals surface area contributed by atoms with Gasteiger partial charge in [0.2, 0.25) is 5.91 Å². The number of pyridine rings is 1. The summed E-state index contributed by atoms with van der Waals surface area (Å²) in [5.74, 6) is 1.77. The van der Waals surface area contributed by atoms with Gasteiger partial charge >= 0.3 is 5.97 Å². The first-order valence-corrected chi connectivity index (χ1v) is 11.4. The van der Waals surface area contributed by atoms with Crippen LogP contribution in [0.2, 0.25) is 0 Å². The molecule has 1 rings (SSSR count). The Balaban J connectivity index is 2.54. The number of aryl methyl sites for hydroxylation is 1. The highest BCUT2D eigenvalue weighted by atomic mass is 33.1. The fraction of sp³-hybridized carbons (Fsp3) is 0.611. The number of hydrogen-bond donors (Lipinski definition) is 3. The van der Waals surface area contributed by atoms with E-state index in [2.05, 4.69) is 15.6 Å². The van der Waals surface area contributed by atoms with Gasteiger partial charge in [0.15, 0.2) is 0 Å². The zero-order valence-corrected chi connectivity index (χ0v) is 18.1. The molecule has 1 heterocycles. The molecule has 0 aliphatic rings. The maximum Gasteiger partial charge on any atom is 0.342 e. The fourth-order valence-electron chi connectivity index (χ4n) is 2.08. The van der Waals surface area contributed by atoms with E-state index in [4.69, 9.17) is 10.5 Å². The van der Waals surface area contributed by atoms with Gasteiger partial charge in [0.25, 0.3) is 0 Å². The summed E-state index contributed by atoms with van der Waals surface area (Å²) in [5.41, 5.74) is 6.03. The largest absolute Gasteiger partial charge is 0.456 e. The van der Waals surface area contributed by atoms with Crippen LogP contribution >= 0.6 is 21.6 Å². The second kappa shape index (κ2) is 12.1. The molecule has 0 radical (unpaired) electrons. The molecule has 1 aromatic rings. The predicted molar refractivity (Wildman–Crippen MR) is 114 cm³/mol. The summed E-state index contributed by atoms with van der Waals surface area (Å²) in [6, 6.07) is 1.74. The number of amides is 1. The summed E-state index contributed by atoms with van der Waals surface area (Å²) < 4.78 is 5.43. The first kappa shape index (κ1) is 23.6. The molecule has 0 aliphatic heterocycles. The Labute approximate surface area is 169 Å². The van der Waals surface area contributed by atoms with Crippen molar-refractivity contribution in [1.82, 2.24) is 10.3 Å². The highest BCUT2D eigenvalue weighted by Crippen LogP contribution is 2.20. The molecule has 0 fully saturated rings. The highest BCUT2D eigenvalue weighted by molar-refractivity contribution is 8.76. The van der Waals surface area contributed by atoms with Crippen LogP contribution in [-0.4, -0.2) is 54.1 Å². The number of esters is 1. The lowest BCUT2D eigenvalue weighted by Crippen LogP contribution is -2.26. The molecule has 0 unspecified atom stereocenters. The van der Waals surface area contributed by atoms with Crippen LogP contribution in [0.1, 0.15) is 43.1 Å². The summed E-state index contributed by atoms with van der Waals surface area (Å²) in [4.78, 5) is 28.6. The van der Waals surface area contributed by atoms with Gasteiger partial charge < -0.3 is 21.1 Å². The van der Waals surface area contributed by atoms with Crippen molar-refractivity contribution in [3.05, 3.63) is 23.4 Å². The Morgan fingerprint density at radius 2 is 1.96 bits per heavy atom. The number of aromatic nitrogens is 1. The van der Waals surface area contributed by atoms with Crippen molar-refractivity contribution in [3.63, 3.8) is 0 Å². The van der Waals surface area contributed by atoms with Crippen LogP contribution in [0, 0.1) is 0 Å². The third-order valence-electron chi connectivity index (χ3n) is 3.23. The number of nitrogens with two attached hydrogens (primary N) is 1. The van der Waals surface area contributed by atoms with Gasteiger partial charge in [-0.15, -0.1) is 0 Å². The summed E-state index contributed by atoms with van der Waals surface area (Å²) in [5, 5.41) is 5.79. The molecule has 0 spiro atoms. The number of rotatable bonds is 11. The molecule has 1 amide bonds. The minimum atomic E-state index is -0.585. The van der Waals surface area contributed by atoms with Gasteiger partial charge in [-0.05, 0) is 38.8 Å². The second-order valence-corrected chi connectivity index (χ2v) is 9.48. The van der Waals surface area contributed by atoms with E-state index >= 15 is 0 Å². The van der Waals surface area contributed by atoms with Crippen molar-refractivity contribution >= 4 is 39.3 Å². The molecular formula is C18H30N4O3S2. The van der Waals surface area contributed by atoms with Crippen molar-refractivity contribution in [2.45, 2.75) is 39.2 Å². The first-order chi connectivity index (χ1) is 12.8. The molecule has 9 heteroatoms. The van der Waals surface area contributed by atoms with Crippen molar-refractivity contribution in [2.75, 3.05) is 37.0 Å². The lowest BCUT2D eigenvalue weighted by Gasteiger charge is -2.20. The number of anilines is 1. The maximum atomic E-state index is 12.4. The SMILES string of the molecule is CNc1ncc(CCC(=O)NCCSSCCN)cc1C(=O)OC(C)(C)C. The Bertz CT molecular complexity index is 621. The second-order valence-electron chi connectivity index (χ2n) is 6.77. The lowest BCUT2D eigenvalue weighted by molar-refractivity contribution is -0.120. The molecule has 0 aliphatic carbocycles. The van der Waals surface area contributed by atoms with E-state index < -0.39 is 11.6 Å². The maximum absolute atomic E-state index is 12.4. The minimum absolute atomic E-state index is 0.0177. The van der Waals surface area contributed by atoms with Gasteiger partial charge in [-0.25, -0.2) is 9.78 Å². The van der Waals surface area contributed by atoms with E-state index in [9.17, 15) is 9.59 Å². The van der Waals surface area contributed by atoms with Gasteiger partial charge in [0, 0.05) is 44.3 Å². The molecule has 0 saturated carbocycles. The van der Waals surface area contributed by atoms with E-state index in [1.54, 1.807) is 40.9 Å². The third-order valence-corrected chi connectivity index (χ3v) is 5.67. The Morgan fingerprint density at radius 1 is 1.26 bits per heavy atom. The number of hydrogen-bond acceptors (Lipinski definition) is 8.